The number of aromatic nitrogens is 1. The summed E-state index contributed by atoms with van der Waals surface area (Å²) in [6.07, 6.45) is -4.24. The maximum Gasteiger partial charge on any atom is 0.407 e. The van der Waals surface area contributed by atoms with E-state index in [9.17, 15) is 43.2 Å². The lowest BCUT2D eigenvalue weighted by Gasteiger charge is -2.29. The highest BCUT2D eigenvalue weighted by molar-refractivity contribution is 7.93. The van der Waals surface area contributed by atoms with Crippen molar-refractivity contribution in [3.63, 3.8) is 0 Å². The van der Waals surface area contributed by atoms with E-state index in [0.717, 1.165) is 32.4 Å². The molecule has 1 N–H and O–H groups in total. The van der Waals surface area contributed by atoms with Crippen LogP contribution in [-0.4, -0.2) is 73.8 Å². The molecule has 4 aromatic rings. The van der Waals surface area contributed by atoms with Gasteiger partial charge in [0, 0.05) is 24.9 Å². The van der Waals surface area contributed by atoms with Crippen molar-refractivity contribution in [1.82, 2.24) is 14.0 Å². The SMILES string of the molecule is Cc1ccc(S(=O)(=O)N(CC(F)(F)F)c2cnc(N(CC(=O)NS(=O)(=O)N(C)C)S(=O)(=O)c3ccc(C)cc3)c3ccccc23)cc1. The first-order chi connectivity index (χ1) is 21.7. The molecule has 0 aliphatic carbocycles. The Morgan fingerprint density at radius 2 is 1.21 bits per heavy atom. The lowest BCUT2D eigenvalue weighted by Crippen LogP contribution is -2.46. The molecule has 12 nitrogen and oxygen atoms in total. The Bertz CT molecular complexity index is 2120. The zero-order valence-corrected chi connectivity index (χ0v) is 27.9. The predicted octanol–water partition coefficient (Wildman–Crippen LogP) is 3.73. The fourth-order valence-electron chi connectivity index (χ4n) is 4.37. The summed E-state index contributed by atoms with van der Waals surface area (Å²) in [6.45, 7) is 0.323. The minimum atomic E-state index is -5.01. The van der Waals surface area contributed by atoms with E-state index in [-0.39, 0.29) is 20.0 Å². The number of sulfonamides is 2. The van der Waals surface area contributed by atoms with E-state index in [1.807, 2.05) is 0 Å². The third kappa shape index (κ3) is 7.83. The standard InChI is InChI=1S/C29H30F3N5O7S3/c1-20-9-13-22(14-10-20)45(39,40)36(18-27(38)34-47(43,44)35(3)4)28-25-8-6-5-7-24(25)26(17-33-28)37(19-29(30,31)32)46(41,42)23-15-11-21(2)12-16-23/h5-17H,18-19H2,1-4H3,(H,34,38). The topological polar surface area (TPSA) is 154 Å². The molecule has 0 spiro atoms. The van der Waals surface area contributed by atoms with Gasteiger partial charge in [-0.1, -0.05) is 59.7 Å². The van der Waals surface area contributed by atoms with Gasteiger partial charge in [0.2, 0.25) is 0 Å². The molecular formula is C29H30F3N5O7S3. The molecule has 0 fully saturated rings. The van der Waals surface area contributed by atoms with Gasteiger partial charge in [-0.25, -0.2) is 30.8 Å². The summed E-state index contributed by atoms with van der Waals surface area (Å²) >= 11 is 0. The highest BCUT2D eigenvalue weighted by Crippen LogP contribution is 2.38. The van der Waals surface area contributed by atoms with Gasteiger partial charge in [-0.2, -0.15) is 25.9 Å². The monoisotopic (exact) mass is 713 g/mol. The maximum absolute atomic E-state index is 14.0. The van der Waals surface area contributed by atoms with Gasteiger partial charge in [0.15, 0.2) is 5.82 Å². The summed E-state index contributed by atoms with van der Waals surface area (Å²) < 4.78 is 125. The number of nitrogens with one attached hydrogen (secondary N) is 1. The molecule has 0 saturated heterocycles. The average Bonchev–Trinajstić information content (AvgIpc) is 2.98. The van der Waals surface area contributed by atoms with Crippen molar-refractivity contribution < 1.29 is 43.2 Å². The number of halogens is 3. The van der Waals surface area contributed by atoms with Crippen LogP contribution in [0.3, 0.4) is 0 Å². The van der Waals surface area contributed by atoms with Crippen LogP contribution in [0.5, 0.6) is 0 Å². The van der Waals surface area contributed by atoms with Crippen LogP contribution in [-0.2, 0) is 35.1 Å². The second-order valence-electron chi connectivity index (χ2n) is 10.6. The Morgan fingerprint density at radius 3 is 1.68 bits per heavy atom. The molecule has 0 radical (unpaired) electrons. The highest BCUT2D eigenvalue weighted by Gasteiger charge is 2.39. The molecule has 0 bridgehead atoms. The van der Waals surface area contributed by atoms with Crippen molar-refractivity contribution in [1.29, 1.82) is 0 Å². The molecule has 1 amide bonds. The van der Waals surface area contributed by atoms with Gasteiger partial charge in [-0.15, -0.1) is 0 Å². The summed E-state index contributed by atoms with van der Waals surface area (Å²) in [5.74, 6) is -1.74. The quantitative estimate of drug-likeness (QED) is 0.247. The average molecular weight is 714 g/mol. The van der Waals surface area contributed by atoms with Crippen molar-refractivity contribution in [3.05, 3.63) is 90.1 Å². The zero-order chi connectivity index (χ0) is 34.9. The number of amides is 1. The predicted molar refractivity (Wildman–Crippen MR) is 170 cm³/mol. The molecule has 4 rings (SSSR count). The maximum atomic E-state index is 14.0. The number of benzene rings is 3. The van der Waals surface area contributed by atoms with Crippen LogP contribution in [0, 0.1) is 13.8 Å². The first-order valence-electron chi connectivity index (χ1n) is 13.6. The van der Waals surface area contributed by atoms with E-state index in [2.05, 4.69) is 4.98 Å². The van der Waals surface area contributed by atoms with E-state index >= 15 is 0 Å². The number of aryl methyl sites for hydroxylation is 2. The number of hydrogen-bond acceptors (Lipinski definition) is 8. The van der Waals surface area contributed by atoms with Crippen molar-refractivity contribution in [2.75, 3.05) is 35.8 Å². The zero-order valence-electron chi connectivity index (χ0n) is 25.4. The van der Waals surface area contributed by atoms with Crippen LogP contribution < -0.4 is 13.3 Å². The lowest BCUT2D eigenvalue weighted by atomic mass is 10.1. The van der Waals surface area contributed by atoms with E-state index in [4.69, 9.17) is 0 Å². The van der Waals surface area contributed by atoms with Crippen LogP contribution >= 0.6 is 0 Å². The molecular weight excluding hydrogens is 684 g/mol. The van der Waals surface area contributed by atoms with E-state index in [0.29, 0.717) is 19.7 Å². The van der Waals surface area contributed by atoms with Gasteiger partial charge < -0.3 is 0 Å². The summed E-state index contributed by atoms with van der Waals surface area (Å²) in [7, 11) is -11.6. The Balaban J connectivity index is 1.96. The second-order valence-corrected chi connectivity index (χ2v) is 16.2. The van der Waals surface area contributed by atoms with E-state index in [1.165, 1.54) is 60.7 Å². The number of anilines is 2. The van der Waals surface area contributed by atoms with Gasteiger partial charge >= 0.3 is 16.4 Å². The minimum Gasteiger partial charge on any atom is -0.272 e. The summed E-state index contributed by atoms with van der Waals surface area (Å²) in [6, 6.07) is 16.0. The number of hydrogen-bond donors (Lipinski definition) is 1. The molecule has 3 aromatic carbocycles. The number of pyridine rings is 1. The molecule has 0 atom stereocenters. The fraction of sp³-hybridized carbons (Fsp3) is 0.241. The molecule has 0 saturated carbocycles. The van der Waals surface area contributed by atoms with Gasteiger partial charge in [0.1, 0.15) is 13.1 Å². The highest BCUT2D eigenvalue weighted by atomic mass is 32.2. The van der Waals surface area contributed by atoms with Crippen molar-refractivity contribution in [3.8, 4) is 0 Å². The van der Waals surface area contributed by atoms with Gasteiger partial charge in [0.05, 0.1) is 21.7 Å². The minimum absolute atomic E-state index is 0.131. The summed E-state index contributed by atoms with van der Waals surface area (Å²) in [5, 5.41) is -0.293. The molecule has 1 heterocycles. The van der Waals surface area contributed by atoms with Crippen LogP contribution in [0.15, 0.2) is 88.8 Å². The first kappa shape index (κ1) is 35.6. The van der Waals surface area contributed by atoms with E-state index < -0.39 is 71.8 Å². The Hall–Kier alpha value is -4.26. The lowest BCUT2D eigenvalue weighted by molar-refractivity contribution is -0.118. The molecule has 1 aromatic heterocycles. The molecule has 0 unspecified atom stereocenters. The molecule has 0 aliphatic rings. The van der Waals surface area contributed by atoms with Crippen molar-refractivity contribution in [2.45, 2.75) is 29.8 Å². The van der Waals surface area contributed by atoms with Gasteiger partial charge in [-0.05, 0) is 38.1 Å². The Labute approximate surface area is 270 Å². The second kappa shape index (κ2) is 13.1. The Kier molecular flexibility index (Phi) is 9.92. The van der Waals surface area contributed by atoms with Crippen LogP contribution in [0.25, 0.3) is 10.8 Å². The number of rotatable bonds is 11. The van der Waals surface area contributed by atoms with Crippen LogP contribution in [0.2, 0.25) is 0 Å². The number of carbonyl (C=O) groups excluding carboxylic acids is 1. The summed E-state index contributed by atoms with van der Waals surface area (Å²) in [4.78, 5) is 16.4. The van der Waals surface area contributed by atoms with Gasteiger partial charge in [0.25, 0.3) is 26.0 Å². The van der Waals surface area contributed by atoms with Crippen molar-refractivity contribution in [2.24, 2.45) is 0 Å². The Morgan fingerprint density at radius 1 is 0.745 bits per heavy atom. The van der Waals surface area contributed by atoms with Crippen LogP contribution in [0.1, 0.15) is 11.1 Å². The number of carbonyl (C=O) groups is 1. The normalized spacial score (nSPS) is 12.7. The van der Waals surface area contributed by atoms with E-state index in [1.54, 1.807) is 18.6 Å². The third-order valence-electron chi connectivity index (χ3n) is 6.81. The summed E-state index contributed by atoms with van der Waals surface area (Å²) in [5.41, 5.74) is 0.854. The number of fused-ring (bicyclic) bond motifs is 1. The molecule has 18 heteroatoms. The molecule has 47 heavy (non-hydrogen) atoms. The van der Waals surface area contributed by atoms with Crippen molar-refractivity contribution >= 4 is 58.4 Å². The van der Waals surface area contributed by atoms with Gasteiger partial charge in [-0.3, -0.25) is 9.10 Å². The number of nitrogens with zero attached hydrogens (tertiary/aromatic N) is 4. The third-order valence-corrected chi connectivity index (χ3v) is 11.8. The largest absolute Gasteiger partial charge is 0.407 e. The molecule has 0 aliphatic heterocycles. The number of alkyl halides is 3. The fourth-order valence-corrected chi connectivity index (χ4v) is 7.75. The molecule has 252 valence electrons. The first-order valence-corrected chi connectivity index (χ1v) is 17.9. The smallest absolute Gasteiger partial charge is 0.272 e. The van der Waals surface area contributed by atoms with Crippen LogP contribution in [0.4, 0.5) is 24.7 Å².